The Morgan fingerprint density at radius 3 is 2.67 bits per heavy atom. The van der Waals surface area contributed by atoms with Crippen LogP contribution in [-0.4, -0.2) is 27.5 Å². The third-order valence-corrected chi connectivity index (χ3v) is 5.58. The van der Waals surface area contributed by atoms with Crippen molar-refractivity contribution >= 4 is 17.2 Å². The molecular weight excluding hydrogens is 436 g/mol. The van der Waals surface area contributed by atoms with Crippen molar-refractivity contribution in [3.05, 3.63) is 83.8 Å². The minimum absolute atomic E-state index is 0.120. The Morgan fingerprint density at radius 2 is 1.88 bits per heavy atom. The van der Waals surface area contributed by atoms with Gasteiger partial charge in [0, 0.05) is 41.6 Å². The number of rotatable bonds is 10. The number of ether oxygens (including phenoxy) is 2. The number of aromatic nitrogens is 3. The summed E-state index contributed by atoms with van der Waals surface area (Å²) in [4.78, 5) is 25.5. The Balaban J connectivity index is 1.33. The normalized spacial score (nSPS) is 10.6. The number of nitrogens with one attached hydrogen (secondary N) is 1. The fourth-order valence-electron chi connectivity index (χ4n) is 3.02. The fourth-order valence-corrected chi connectivity index (χ4v) is 3.83. The molecule has 0 radical (unpaired) electrons. The van der Waals surface area contributed by atoms with Gasteiger partial charge < -0.3 is 14.8 Å². The van der Waals surface area contributed by atoms with E-state index in [9.17, 15) is 4.79 Å². The summed E-state index contributed by atoms with van der Waals surface area (Å²) in [5, 5.41) is 5.67. The molecule has 3 aromatic heterocycles. The quantitative estimate of drug-likeness (QED) is 0.357. The average molecular weight is 461 g/mol. The summed E-state index contributed by atoms with van der Waals surface area (Å²) >= 11 is 1.50. The smallest absolute Gasteiger partial charge is 0.226 e. The van der Waals surface area contributed by atoms with E-state index in [0.717, 1.165) is 34.0 Å². The van der Waals surface area contributed by atoms with Gasteiger partial charge >= 0.3 is 0 Å². The maximum absolute atomic E-state index is 12.5. The van der Waals surface area contributed by atoms with E-state index in [2.05, 4.69) is 27.2 Å². The number of nitrogens with zero attached hydrogens (tertiary/aromatic N) is 3. The van der Waals surface area contributed by atoms with Crippen LogP contribution in [0, 0.1) is 0 Å². The molecule has 0 spiro atoms. The minimum atomic E-state index is -0.120. The van der Waals surface area contributed by atoms with Gasteiger partial charge in [0.2, 0.25) is 11.8 Å². The Kier molecular flexibility index (Phi) is 7.60. The van der Waals surface area contributed by atoms with E-state index in [4.69, 9.17) is 9.47 Å². The number of pyridine rings is 2. The molecule has 1 amide bonds. The molecule has 3 heterocycles. The molecule has 1 aromatic carbocycles. The molecule has 0 fully saturated rings. The highest BCUT2D eigenvalue weighted by atomic mass is 32.1. The van der Waals surface area contributed by atoms with Crippen LogP contribution in [0.1, 0.15) is 24.6 Å². The Bertz CT molecular complexity index is 1180. The minimum Gasteiger partial charge on any atom is -0.494 e. The summed E-state index contributed by atoms with van der Waals surface area (Å²) in [7, 11) is 0. The van der Waals surface area contributed by atoms with E-state index in [1.807, 2.05) is 53.9 Å². The summed E-state index contributed by atoms with van der Waals surface area (Å²) in [6, 6.07) is 14.9. The fraction of sp³-hybridized carbons (Fsp3) is 0.200. The molecule has 0 aliphatic carbocycles. The summed E-state index contributed by atoms with van der Waals surface area (Å²) < 4.78 is 11.5. The topological polar surface area (TPSA) is 86.2 Å². The second kappa shape index (κ2) is 11.2. The van der Waals surface area contributed by atoms with Crippen LogP contribution in [0.3, 0.4) is 0 Å². The van der Waals surface area contributed by atoms with Crippen LogP contribution in [0.4, 0.5) is 0 Å². The molecule has 7 nitrogen and oxygen atoms in total. The summed E-state index contributed by atoms with van der Waals surface area (Å²) in [5.74, 6) is 1.78. The second-order valence-electron chi connectivity index (χ2n) is 7.23. The number of carbonyl (C=O) groups is 1. The van der Waals surface area contributed by atoms with Crippen LogP contribution in [-0.2, 0) is 17.8 Å². The van der Waals surface area contributed by atoms with Gasteiger partial charge in [-0.05, 0) is 48.9 Å². The molecule has 0 atom stereocenters. The number of benzene rings is 1. The molecule has 33 heavy (non-hydrogen) atoms. The summed E-state index contributed by atoms with van der Waals surface area (Å²) in [6.07, 6.45) is 6.30. The molecule has 8 heteroatoms. The molecule has 0 aliphatic heterocycles. The monoisotopic (exact) mass is 460 g/mol. The molecule has 0 saturated heterocycles. The standard InChI is InChI=1S/C25H24N4O3S/c1-2-13-31-21-7-9-22(10-8-21)32-24-18(5-4-12-27-24)16-28-23(30)14-20-17-33-25(29-20)19-6-3-11-26-15-19/h3-12,15,17H,2,13-14,16H2,1H3,(H,28,30). The highest BCUT2D eigenvalue weighted by molar-refractivity contribution is 7.13. The summed E-state index contributed by atoms with van der Waals surface area (Å²) in [5.41, 5.74) is 2.45. The number of thiazole rings is 1. The van der Waals surface area contributed by atoms with Crippen LogP contribution in [0.2, 0.25) is 0 Å². The first kappa shape index (κ1) is 22.4. The second-order valence-corrected chi connectivity index (χ2v) is 8.09. The van der Waals surface area contributed by atoms with Crippen molar-refractivity contribution < 1.29 is 14.3 Å². The molecule has 1 N–H and O–H groups in total. The van der Waals surface area contributed by atoms with Crippen molar-refractivity contribution in [2.24, 2.45) is 0 Å². The number of amides is 1. The largest absolute Gasteiger partial charge is 0.494 e. The van der Waals surface area contributed by atoms with Crippen LogP contribution in [0.25, 0.3) is 10.6 Å². The van der Waals surface area contributed by atoms with Crippen LogP contribution < -0.4 is 14.8 Å². The van der Waals surface area contributed by atoms with Gasteiger partial charge in [-0.2, -0.15) is 0 Å². The van der Waals surface area contributed by atoms with E-state index in [1.54, 1.807) is 18.6 Å². The van der Waals surface area contributed by atoms with Gasteiger partial charge in [0.15, 0.2) is 0 Å². The Labute approximate surface area is 196 Å². The highest BCUT2D eigenvalue weighted by Gasteiger charge is 2.11. The summed E-state index contributed by atoms with van der Waals surface area (Å²) in [6.45, 7) is 3.05. The van der Waals surface area contributed by atoms with Crippen molar-refractivity contribution in [1.29, 1.82) is 0 Å². The lowest BCUT2D eigenvalue weighted by molar-refractivity contribution is -0.120. The molecule has 4 rings (SSSR count). The predicted octanol–water partition coefficient (Wildman–Crippen LogP) is 5.04. The first-order valence-electron chi connectivity index (χ1n) is 10.7. The van der Waals surface area contributed by atoms with Gasteiger partial charge in [0.05, 0.1) is 18.7 Å². The Hall–Kier alpha value is -3.78. The molecule has 0 aliphatic rings. The van der Waals surface area contributed by atoms with Crippen LogP contribution in [0.15, 0.2) is 72.5 Å². The molecule has 0 bridgehead atoms. The van der Waals surface area contributed by atoms with E-state index in [0.29, 0.717) is 24.8 Å². The first-order valence-corrected chi connectivity index (χ1v) is 11.6. The predicted molar refractivity (Wildman–Crippen MR) is 127 cm³/mol. The SMILES string of the molecule is CCCOc1ccc(Oc2ncccc2CNC(=O)Cc2csc(-c3cccnc3)n2)cc1. The van der Waals surface area contributed by atoms with Crippen LogP contribution >= 0.6 is 11.3 Å². The maximum Gasteiger partial charge on any atom is 0.226 e. The first-order chi connectivity index (χ1) is 16.2. The third kappa shape index (κ3) is 6.36. The van der Waals surface area contributed by atoms with Gasteiger partial charge in [0.1, 0.15) is 16.5 Å². The van der Waals surface area contributed by atoms with Crippen molar-refractivity contribution in [3.63, 3.8) is 0 Å². The van der Waals surface area contributed by atoms with Gasteiger partial charge in [-0.3, -0.25) is 9.78 Å². The van der Waals surface area contributed by atoms with Crippen molar-refractivity contribution in [2.45, 2.75) is 26.3 Å². The highest BCUT2D eigenvalue weighted by Crippen LogP contribution is 2.25. The zero-order valence-corrected chi connectivity index (χ0v) is 19.0. The maximum atomic E-state index is 12.5. The average Bonchev–Trinajstić information content (AvgIpc) is 3.32. The van der Waals surface area contributed by atoms with Crippen molar-refractivity contribution in [1.82, 2.24) is 20.3 Å². The molecule has 4 aromatic rings. The third-order valence-electron chi connectivity index (χ3n) is 4.64. The molecule has 0 unspecified atom stereocenters. The van der Waals surface area contributed by atoms with E-state index in [-0.39, 0.29) is 12.3 Å². The van der Waals surface area contributed by atoms with Gasteiger partial charge in [-0.25, -0.2) is 9.97 Å². The van der Waals surface area contributed by atoms with Crippen molar-refractivity contribution in [3.8, 4) is 28.0 Å². The molecule has 168 valence electrons. The number of hydrogen-bond acceptors (Lipinski definition) is 7. The zero-order chi connectivity index (χ0) is 22.9. The lowest BCUT2D eigenvalue weighted by atomic mass is 10.2. The van der Waals surface area contributed by atoms with Gasteiger partial charge in [0.25, 0.3) is 0 Å². The van der Waals surface area contributed by atoms with Gasteiger partial charge in [-0.15, -0.1) is 11.3 Å². The van der Waals surface area contributed by atoms with E-state index in [1.165, 1.54) is 11.3 Å². The van der Waals surface area contributed by atoms with Crippen molar-refractivity contribution in [2.75, 3.05) is 6.61 Å². The van der Waals surface area contributed by atoms with Gasteiger partial charge in [-0.1, -0.05) is 13.0 Å². The van der Waals surface area contributed by atoms with E-state index < -0.39 is 0 Å². The number of carbonyl (C=O) groups excluding carboxylic acids is 1. The van der Waals surface area contributed by atoms with Crippen LogP contribution in [0.5, 0.6) is 17.4 Å². The van der Waals surface area contributed by atoms with E-state index >= 15 is 0 Å². The lowest BCUT2D eigenvalue weighted by Gasteiger charge is -2.11. The molecule has 0 saturated carbocycles. The zero-order valence-electron chi connectivity index (χ0n) is 18.2. The number of hydrogen-bond donors (Lipinski definition) is 1. The lowest BCUT2D eigenvalue weighted by Crippen LogP contribution is -2.25. The Morgan fingerprint density at radius 1 is 1.06 bits per heavy atom. The molecular formula is C25H24N4O3S.